The van der Waals surface area contributed by atoms with Crippen molar-refractivity contribution in [3.63, 3.8) is 0 Å². The molecular weight excluding hydrogens is 244 g/mol. The summed E-state index contributed by atoms with van der Waals surface area (Å²) in [6.07, 6.45) is 7.59. The van der Waals surface area contributed by atoms with Crippen molar-refractivity contribution < 1.29 is 9.53 Å². The number of rotatable bonds is 3. The third-order valence-corrected chi connectivity index (χ3v) is 3.06. The summed E-state index contributed by atoms with van der Waals surface area (Å²) in [5.74, 6) is -0.185. The highest BCUT2D eigenvalue weighted by Crippen LogP contribution is 2.19. The maximum atomic E-state index is 11.9. The van der Waals surface area contributed by atoms with Crippen LogP contribution in [0.5, 0.6) is 0 Å². The highest BCUT2D eigenvalue weighted by molar-refractivity contribution is 6.03. The van der Waals surface area contributed by atoms with E-state index in [2.05, 4.69) is 15.4 Å². The van der Waals surface area contributed by atoms with E-state index in [4.69, 9.17) is 4.74 Å². The van der Waals surface area contributed by atoms with Crippen LogP contribution in [0.4, 0.5) is 5.69 Å². The van der Waals surface area contributed by atoms with Crippen LogP contribution in [0.1, 0.15) is 22.8 Å². The van der Waals surface area contributed by atoms with E-state index in [1.807, 2.05) is 10.9 Å². The van der Waals surface area contributed by atoms with Gasteiger partial charge in [-0.05, 0) is 18.6 Å². The molecule has 1 atom stereocenters. The predicted octanol–water partition coefficient (Wildman–Crippen LogP) is 1.49. The molecule has 1 fully saturated rings. The lowest BCUT2D eigenvalue weighted by Crippen LogP contribution is -2.12. The van der Waals surface area contributed by atoms with Crippen molar-refractivity contribution in [2.24, 2.45) is 0 Å². The zero-order valence-electron chi connectivity index (χ0n) is 10.3. The summed E-state index contributed by atoms with van der Waals surface area (Å²) < 4.78 is 7.15. The van der Waals surface area contributed by atoms with E-state index in [1.54, 1.807) is 24.5 Å². The molecule has 0 spiro atoms. The Morgan fingerprint density at radius 3 is 3.16 bits per heavy atom. The molecule has 0 bridgehead atoms. The molecule has 0 unspecified atom stereocenters. The quantitative estimate of drug-likeness (QED) is 0.905. The van der Waals surface area contributed by atoms with Crippen molar-refractivity contribution in [3.8, 4) is 0 Å². The molecule has 1 saturated heterocycles. The van der Waals surface area contributed by atoms with Crippen LogP contribution in [0.3, 0.4) is 0 Å². The van der Waals surface area contributed by atoms with Crippen LogP contribution in [0, 0.1) is 0 Å². The fourth-order valence-electron chi connectivity index (χ4n) is 2.03. The van der Waals surface area contributed by atoms with Gasteiger partial charge in [-0.15, -0.1) is 0 Å². The van der Waals surface area contributed by atoms with Crippen molar-refractivity contribution in [2.45, 2.75) is 12.5 Å². The second-order valence-corrected chi connectivity index (χ2v) is 4.42. The topological polar surface area (TPSA) is 69.0 Å². The molecule has 6 heteroatoms. The van der Waals surface area contributed by atoms with E-state index < -0.39 is 0 Å². The zero-order valence-corrected chi connectivity index (χ0v) is 10.3. The fraction of sp³-hybridized carbons (Fsp3) is 0.308. The van der Waals surface area contributed by atoms with Gasteiger partial charge in [0.15, 0.2) is 0 Å². The number of pyridine rings is 1. The van der Waals surface area contributed by atoms with Crippen molar-refractivity contribution in [2.75, 3.05) is 18.5 Å². The Hall–Kier alpha value is -2.21. The first kappa shape index (κ1) is 11.9. The zero-order chi connectivity index (χ0) is 13.1. The molecule has 19 heavy (non-hydrogen) atoms. The van der Waals surface area contributed by atoms with Gasteiger partial charge < -0.3 is 10.1 Å². The van der Waals surface area contributed by atoms with Gasteiger partial charge in [0, 0.05) is 25.2 Å². The molecule has 0 aromatic carbocycles. The predicted molar refractivity (Wildman–Crippen MR) is 68.9 cm³/mol. The molecule has 3 heterocycles. The molecule has 0 aliphatic carbocycles. The number of hydrogen-bond acceptors (Lipinski definition) is 4. The Kier molecular flexibility index (Phi) is 3.24. The van der Waals surface area contributed by atoms with Gasteiger partial charge in [-0.1, -0.05) is 0 Å². The number of nitrogens with one attached hydrogen (secondary N) is 1. The SMILES string of the molecule is O=C(Nc1cnn([C@H]2CCOC2)c1)c1cccnc1. The summed E-state index contributed by atoms with van der Waals surface area (Å²) in [5, 5.41) is 7.05. The molecule has 98 valence electrons. The summed E-state index contributed by atoms with van der Waals surface area (Å²) in [5.41, 5.74) is 1.21. The van der Waals surface area contributed by atoms with Crippen molar-refractivity contribution in [3.05, 3.63) is 42.5 Å². The molecule has 0 saturated carbocycles. The summed E-state index contributed by atoms with van der Waals surface area (Å²) in [4.78, 5) is 15.8. The van der Waals surface area contributed by atoms with Gasteiger partial charge in [-0.3, -0.25) is 14.5 Å². The highest BCUT2D eigenvalue weighted by atomic mass is 16.5. The Morgan fingerprint density at radius 2 is 2.42 bits per heavy atom. The largest absolute Gasteiger partial charge is 0.379 e. The molecule has 6 nitrogen and oxygen atoms in total. The van der Waals surface area contributed by atoms with Crippen LogP contribution in [-0.2, 0) is 4.74 Å². The van der Waals surface area contributed by atoms with Crippen LogP contribution in [-0.4, -0.2) is 33.9 Å². The van der Waals surface area contributed by atoms with Crippen LogP contribution in [0.15, 0.2) is 36.9 Å². The lowest BCUT2D eigenvalue weighted by Gasteiger charge is -2.06. The Balaban J connectivity index is 1.68. The number of hydrogen-bond donors (Lipinski definition) is 1. The molecule has 2 aromatic rings. The second kappa shape index (κ2) is 5.19. The standard InChI is InChI=1S/C13H14N4O2/c18-13(10-2-1-4-14-6-10)16-11-7-15-17(8-11)12-3-5-19-9-12/h1-2,4,6-8,12H,3,5,9H2,(H,16,18)/t12-/m0/s1. The van der Waals surface area contributed by atoms with E-state index in [9.17, 15) is 4.79 Å². The number of aromatic nitrogens is 3. The minimum atomic E-state index is -0.185. The minimum Gasteiger partial charge on any atom is -0.379 e. The lowest BCUT2D eigenvalue weighted by molar-refractivity contribution is 0.102. The van der Waals surface area contributed by atoms with Gasteiger partial charge in [0.2, 0.25) is 0 Å². The third-order valence-electron chi connectivity index (χ3n) is 3.06. The van der Waals surface area contributed by atoms with Gasteiger partial charge in [0.25, 0.3) is 5.91 Å². The van der Waals surface area contributed by atoms with E-state index in [1.165, 1.54) is 6.20 Å². The van der Waals surface area contributed by atoms with Crippen molar-refractivity contribution in [1.82, 2.24) is 14.8 Å². The number of carbonyl (C=O) groups is 1. The molecule has 2 aromatic heterocycles. The molecule has 1 aliphatic rings. The maximum absolute atomic E-state index is 11.9. The van der Waals surface area contributed by atoms with E-state index in [0.717, 1.165) is 13.0 Å². The third kappa shape index (κ3) is 2.63. The van der Waals surface area contributed by atoms with Crippen LogP contribution in [0.25, 0.3) is 0 Å². The summed E-state index contributed by atoms with van der Waals surface area (Å²) >= 11 is 0. The van der Waals surface area contributed by atoms with Crippen LogP contribution < -0.4 is 5.32 Å². The van der Waals surface area contributed by atoms with Crippen LogP contribution in [0.2, 0.25) is 0 Å². The number of anilines is 1. The minimum absolute atomic E-state index is 0.185. The Morgan fingerprint density at radius 1 is 1.47 bits per heavy atom. The molecule has 0 radical (unpaired) electrons. The normalized spacial score (nSPS) is 18.4. The van der Waals surface area contributed by atoms with Gasteiger partial charge in [0.05, 0.1) is 30.1 Å². The first-order valence-electron chi connectivity index (χ1n) is 6.16. The van der Waals surface area contributed by atoms with Gasteiger partial charge in [0.1, 0.15) is 0 Å². The van der Waals surface area contributed by atoms with Gasteiger partial charge >= 0.3 is 0 Å². The van der Waals surface area contributed by atoms with Crippen molar-refractivity contribution >= 4 is 11.6 Å². The summed E-state index contributed by atoms with van der Waals surface area (Å²) in [6.45, 7) is 1.44. The summed E-state index contributed by atoms with van der Waals surface area (Å²) in [6, 6.07) is 3.72. The molecular formula is C13H14N4O2. The molecule has 1 aliphatic heterocycles. The van der Waals surface area contributed by atoms with Crippen molar-refractivity contribution in [1.29, 1.82) is 0 Å². The number of amides is 1. The monoisotopic (exact) mass is 258 g/mol. The number of nitrogens with zero attached hydrogens (tertiary/aromatic N) is 3. The average molecular weight is 258 g/mol. The van der Waals surface area contributed by atoms with Gasteiger partial charge in [-0.25, -0.2) is 0 Å². The molecule has 1 amide bonds. The first-order valence-corrected chi connectivity index (χ1v) is 6.16. The van der Waals surface area contributed by atoms with E-state index >= 15 is 0 Å². The Bertz CT molecular complexity index is 561. The van der Waals surface area contributed by atoms with Crippen LogP contribution >= 0.6 is 0 Å². The average Bonchev–Trinajstić information content (AvgIpc) is 3.10. The van der Waals surface area contributed by atoms with Gasteiger partial charge in [-0.2, -0.15) is 5.10 Å². The fourth-order valence-corrected chi connectivity index (χ4v) is 2.03. The summed E-state index contributed by atoms with van der Waals surface area (Å²) in [7, 11) is 0. The van der Waals surface area contributed by atoms with E-state index in [-0.39, 0.29) is 11.9 Å². The molecule has 3 rings (SSSR count). The number of carbonyl (C=O) groups excluding carboxylic acids is 1. The number of ether oxygens (including phenoxy) is 1. The maximum Gasteiger partial charge on any atom is 0.257 e. The van der Waals surface area contributed by atoms with E-state index in [0.29, 0.717) is 17.9 Å². The smallest absolute Gasteiger partial charge is 0.257 e. The lowest BCUT2D eigenvalue weighted by atomic mass is 10.2. The Labute approximate surface area is 110 Å². The molecule has 1 N–H and O–H groups in total. The highest BCUT2D eigenvalue weighted by Gasteiger charge is 2.18. The first-order chi connectivity index (χ1) is 9.33. The second-order valence-electron chi connectivity index (χ2n) is 4.42.